The molecule has 78 valence electrons. The molecule has 2 nitrogen and oxygen atoms in total. The van der Waals surface area contributed by atoms with Crippen molar-refractivity contribution >= 4 is 11.6 Å². The molecule has 2 aromatic rings. The molecule has 0 saturated heterocycles. The van der Waals surface area contributed by atoms with Gasteiger partial charge in [0.25, 0.3) is 0 Å². The van der Waals surface area contributed by atoms with Crippen LogP contribution in [0.2, 0.25) is 0 Å². The summed E-state index contributed by atoms with van der Waals surface area (Å²) in [4.78, 5) is 4.07. The van der Waals surface area contributed by atoms with Crippen LogP contribution in [0, 0.1) is 5.82 Å². The Morgan fingerprint density at radius 1 is 1.33 bits per heavy atom. The molecule has 0 amide bonds. The fraction of sp³-hybridized carbons (Fsp3) is 0.182. The molecule has 4 heteroatoms. The maximum atomic E-state index is 13.3. The van der Waals surface area contributed by atoms with Crippen LogP contribution in [-0.2, 0) is 12.4 Å². The minimum atomic E-state index is -0.196. The van der Waals surface area contributed by atoms with E-state index in [4.69, 9.17) is 11.6 Å². The van der Waals surface area contributed by atoms with Gasteiger partial charge < -0.3 is 4.57 Å². The van der Waals surface area contributed by atoms with Gasteiger partial charge in [-0.05, 0) is 6.07 Å². The number of halogens is 2. The summed E-state index contributed by atoms with van der Waals surface area (Å²) in [6.45, 7) is 0.483. The van der Waals surface area contributed by atoms with Crippen molar-refractivity contribution in [2.45, 2.75) is 12.4 Å². The molecule has 1 heterocycles. The Balaban J connectivity index is 2.18. The molecule has 0 unspecified atom stereocenters. The van der Waals surface area contributed by atoms with Crippen LogP contribution in [0.15, 0.2) is 36.8 Å². The molecule has 0 radical (unpaired) electrons. The lowest BCUT2D eigenvalue weighted by molar-refractivity contribution is 0.599. The zero-order valence-electron chi connectivity index (χ0n) is 8.03. The summed E-state index contributed by atoms with van der Waals surface area (Å²) in [5.41, 5.74) is 1.45. The van der Waals surface area contributed by atoms with Crippen LogP contribution >= 0.6 is 11.6 Å². The Hall–Kier alpha value is -1.35. The molecular formula is C11H10ClFN2. The molecule has 0 aliphatic rings. The van der Waals surface area contributed by atoms with Gasteiger partial charge >= 0.3 is 0 Å². The quantitative estimate of drug-likeness (QED) is 0.734. The lowest BCUT2D eigenvalue weighted by atomic mass is 10.2. The summed E-state index contributed by atoms with van der Waals surface area (Å²) in [5, 5.41) is 0. The number of rotatable bonds is 3. The average Bonchev–Trinajstić information content (AvgIpc) is 2.69. The highest BCUT2D eigenvalue weighted by molar-refractivity contribution is 6.16. The molecule has 0 aliphatic carbocycles. The van der Waals surface area contributed by atoms with E-state index in [1.165, 1.54) is 6.07 Å². The first kappa shape index (κ1) is 10.2. The second-order valence-corrected chi connectivity index (χ2v) is 3.53. The summed E-state index contributed by atoms with van der Waals surface area (Å²) in [5.74, 6) is 0.184. The number of nitrogens with zero attached hydrogens (tertiary/aromatic N) is 2. The van der Waals surface area contributed by atoms with Gasteiger partial charge in [0.1, 0.15) is 5.82 Å². The van der Waals surface area contributed by atoms with Crippen LogP contribution in [0.5, 0.6) is 0 Å². The van der Waals surface area contributed by atoms with Gasteiger partial charge in [0, 0.05) is 11.8 Å². The van der Waals surface area contributed by atoms with Crippen LogP contribution in [0.1, 0.15) is 11.3 Å². The van der Waals surface area contributed by atoms with Crippen molar-refractivity contribution in [2.24, 2.45) is 0 Å². The predicted molar refractivity (Wildman–Crippen MR) is 57.3 cm³/mol. The lowest BCUT2D eigenvalue weighted by Gasteiger charge is -2.02. The summed E-state index contributed by atoms with van der Waals surface area (Å²) in [6.07, 6.45) is 3.48. The number of imidazole rings is 1. The number of hydrogen-bond acceptors (Lipinski definition) is 1. The van der Waals surface area contributed by atoms with E-state index in [9.17, 15) is 4.39 Å². The van der Waals surface area contributed by atoms with Crippen molar-refractivity contribution in [3.8, 4) is 0 Å². The molecule has 1 aromatic carbocycles. The normalized spacial score (nSPS) is 10.5. The zero-order valence-corrected chi connectivity index (χ0v) is 8.78. The van der Waals surface area contributed by atoms with Crippen LogP contribution in [0.4, 0.5) is 4.39 Å². The van der Waals surface area contributed by atoms with Crippen LogP contribution < -0.4 is 0 Å². The van der Waals surface area contributed by atoms with Gasteiger partial charge in [0.05, 0.1) is 24.4 Å². The van der Waals surface area contributed by atoms with E-state index in [0.717, 1.165) is 5.69 Å². The van der Waals surface area contributed by atoms with Crippen molar-refractivity contribution in [2.75, 3.05) is 0 Å². The van der Waals surface area contributed by atoms with Crippen LogP contribution in [0.25, 0.3) is 0 Å². The highest BCUT2D eigenvalue weighted by Gasteiger charge is 2.02. The number of benzene rings is 1. The van der Waals surface area contributed by atoms with Crippen molar-refractivity contribution in [1.82, 2.24) is 9.55 Å². The van der Waals surface area contributed by atoms with Gasteiger partial charge in [-0.3, -0.25) is 0 Å². The Bertz CT molecular complexity index is 453. The summed E-state index contributed by atoms with van der Waals surface area (Å²) < 4.78 is 15.1. The molecule has 0 aliphatic heterocycles. The summed E-state index contributed by atoms with van der Waals surface area (Å²) in [6, 6.07) is 6.71. The second-order valence-electron chi connectivity index (χ2n) is 3.26. The molecule has 0 saturated carbocycles. The van der Waals surface area contributed by atoms with Gasteiger partial charge in [-0.1, -0.05) is 18.2 Å². The van der Waals surface area contributed by atoms with Gasteiger partial charge in [-0.15, -0.1) is 11.6 Å². The van der Waals surface area contributed by atoms with Gasteiger partial charge in [-0.25, -0.2) is 9.37 Å². The van der Waals surface area contributed by atoms with Crippen LogP contribution in [0.3, 0.4) is 0 Å². The highest BCUT2D eigenvalue weighted by Crippen LogP contribution is 2.09. The van der Waals surface area contributed by atoms with Crippen LogP contribution in [-0.4, -0.2) is 9.55 Å². The largest absolute Gasteiger partial charge is 0.333 e. The number of alkyl halides is 1. The van der Waals surface area contributed by atoms with E-state index in [-0.39, 0.29) is 5.82 Å². The monoisotopic (exact) mass is 224 g/mol. The first-order valence-electron chi connectivity index (χ1n) is 4.59. The molecule has 1 aromatic heterocycles. The second kappa shape index (κ2) is 4.45. The fourth-order valence-corrected chi connectivity index (χ4v) is 1.52. The zero-order chi connectivity index (χ0) is 10.7. The van der Waals surface area contributed by atoms with E-state index in [2.05, 4.69) is 4.98 Å². The molecule has 0 spiro atoms. The van der Waals surface area contributed by atoms with E-state index in [1.54, 1.807) is 18.5 Å². The topological polar surface area (TPSA) is 17.8 Å². The fourth-order valence-electron chi connectivity index (χ4n) is 1.39. The van der Waals surface area contributed by atoms with Crippen molar-refractivity contribution in [3.05, 3.63) is 53.9 Å². The SMILES string of the molecule is Fc1ccccc1Cn1cnc(CCl)c1. The van der Waals surface area contributed by atoms with E-state index in [1.807, 2.05) is 16.8 Å². The Kier molecular flexibility index (Phi) is 3.02. The minimum absolute atomic E-state index is 0.196. The third-order valence-corrected chi connectivity index (χ3v) is 2.41. The standard InChI is InChI=1S/C11H10ClFN2/c12-5-10-7-15(8-14-10)6-9-3-1-2-4-11(9)13/h1-4,7-8H,5-6H2. The van der Waals surface area contributed by atoms with E-state index in [0.29, 0.717) is 18.0 Å². The first-order chi connectivity index (χ1) is 7.29. The van der Waals surface area contributed by atoms with Gasteiger partial charge in [0.2, 0.25) is 0 Å². The maximum Gasteiger partial charge on any atom is 0.128 e. The summed E-state index contributed by atoms with van der Waals surface area (Å²) >= 11 is 5.62. The maximum absolute atomic E-state index is 13.3. The van der Waals surface area contributed by atoms with E-state index < -0.39 is 0 Å². The van der Waals surface area contributed by atoms with Crippen molar-refractivity contribution < 1.29 is 4.39 Å². The van der Waals surface area contributed by atoms with Crippen molar-refractivity contribution in [3.63, 3.8) is 0 Å². The first-order valence-corrected chi connectivity index (χ1v) is 5.13. The van der Waals surface area contributed by atoms with Gasteiger partial charge in [0.15, 0.2) is 0 Å². The Morgan fingerprint density at radius 2 is 2.13 bits per heavy atom. The number of hydrogen-bond donors (Lipinski definition) is 0. The number of aromatic nitrogens is 2. The predicted octanol–water partition coefficient (Wildman–Crippen LogP) is 2.81. The molecule has 0 fully saturated rings. The molecular weight excluding hydrogens is 215 g/mol. The molecule has 0 bridgehead atoms. The van der Waals surface area contributed by atoms with Crippen molar-refractivity contribution in [1.29, 1.82) is 0 Å². The van der Waals surface area contributed by atoms with Gasteiger partial charge in [-0.2, -0.15) is 0 Å². The molecule has 2 rings (SSSR count). The Morgan fingerprint density at radius 3 is 2.80 bits per heavy atom. The average molecular weight is 225 g/mol. The minimum Gasteiger partial charge on any atom is -0.333 e. The lowest BCUT2D eigenvalue weighted by Crippen LogP contribution is -1.98. The third-order valence-electron chi connectivity index (χ3n) is 2.13. The Labute approximate surface area is 92.3 Å². The molecule has 0 N–H and O–H groups in total. The highest BCUT2D eigenvalue weighted by atomic mass is 35.5. The van der Waals surface area contributed by atoms with E-state index >= 15 is 0 Å². The smallest absolute Gasteiger partial charge is 0.128 e. The third kappa shape index (κ3) is 2.36. The molecule has 0 atom stereocenters. The summed E-state index contributed by atoms with van der Waals surface area (Å²) in [7, 11) is 0. The molecule has 15 heavy (non-hydrogen) atoms.